The van der Waals surface area contributed by atoms with Gasteiger partial charge in [0.15, 0.2) is 0 Å². The highest BCUT2D eigenvalue weighted by atomic mass is 16.4. The van der Waals surface area contributed by atoms with Crippen molar-refractivity contribution in [3.05, 3.63) is 30.0 Å². The minimum Gasteiger partial charge on any atom is -0.508 e. The zero-order valence-corrected chi connectivity index (χ0v) is 13.2. The number of benzene rings is 1. The monoisotopic (exact) mass is 349 g/mol. The maximum Gasteiger partial charge on any atom is 0.326 e. The number of nitrogens with two attached hydrogens (primary N) is 1. The number of nitrogens with one attached hydrogen (secondary N) is 2. The first-order chi connectivity index (χ1) is 11.8. The normalized spacial score (nSPS) is 13.3. The van der Waals surface area contributed by atoms with Crippen molar-refractivity contribution in [1.82, 2.24) is 10.3 Å². The lowest BCUT2D eigenvalue weighted by Crippen LogP contribution is -2.49. The summed E-state index contributed by atoms with van der Waals surface area (Å²) in [5.41, 5.74) is 6.92. The fourth-order valence-electron chi connectivity index (χ4n) is 2.44. The predicted molar refractivity (Wildman–Crippen MR) is 88.1 cm³/mol. The van der Waals surface area contributed by atoms with E-state index in [4.69, 9.17) is 10.8 Å². The van der Waals surface area contributed by atoms with Crippen molar-refractivity contribution in [3.63, 3.8) is 0 Å². The molecule has 1 heterocycles. The summed E-state index contributed by atoms with van der Waals surface area (Å²) in [5.74, 6) is -3.01. The minimum atomic E-state index is -1.24. The van der Waals surface area contributed by atoms with Gasteiger partial charge in [0.1, 0.15) is 11.8 Å². The second-order valence-electron chi connectivity index (χ2n) is 5.69. The summed E-state index contributed by atoms with van der Waals surface area (Å²) in [6.07, 6.45) is 1.22. The molecule has 0 saturated carbocycles. The van der Waals surface area contributed by atoms with Crippen LogP contribution in [0.25, 0.3) is 10.9 Å². The number of aromatic amines is 1. The Morgan fingerprint density at radius 1 is 1.24 bits per heavy atom. The zero-order chi connectivity index (χ0) is 18.6. The van der Waals surface area contributed by atoms with Crippen molar-refractivity contribution < 1.29 is 29.7 Å². The van der Waals surface area contributed by atoms with Gasteiger partial charge >= 0.3 is 11.9 Å². The molecule has 0 bridgehead atoms. The second-order valence-corrected chi connectivity index (χ2v) is 5.69. The molecule has 134 valence electrons. The van der Waals surface area contributed by atoms with E-state index in [1.54, 1.807) is 12.3 Å². The summed E-state index contributed by atoms with van der Waals surface area (Å²) in [4.78, 5) is 36.9. The third-order valence-electron chi connectivity index (χ3n) is 3.80. The Morgan fingerprint density at radius 3 is 2.60 bits per heavy atom. The number of carboxylic acid groups (broad SMARTS) is 2. The van der Waals surface area contributed by atoms with Gasteiger partial charge in [-0.15, -0.1) is 0 Å². The smallest absolute Gasteiger partial charge is 0.326 e. The lowest BCUT2D eigenvalue weighted by Gasteiger charge is -2.17. The Bertz CT molecular complexity index is 800. The van der Waals surface area contributed by atoms with E-state index in [0.717, 1.165) is 5.52 Å². The molecule has 1 amide bonds. The Labute approximate surface area is 142 Å². The van der Waals surface area contributed by atoms with E-state index >= 15 is 0 Å². The van der Waals surface area contributed by atoms with E-state index in [1.807, 2.05) is 0 Å². The number of aromatic nitrogens is 1. The van der Waals surface area contributed by atoms with Crippen LogP contribution < -0.4 is 11.1 Å². The number of phenolic OH excluding ortho intramolecular Hbond substituents is 1. The molecular formula is C16H19N3O6. The molecule has 0 fully saturated rings. The van der Waals surface area contributed by atoms with Gasteiger partial charge in [0.25, 0.3) is 0 Å². The number of carbonyl (C=O) groups excluding carboxylic acids is 1. The van der Waals surface area contributed by atoms with Gasteiger partial charge in [0.05, 0.1) is 6.04 Å². The maximum absolute atomic E-state index is 12.0. The molecule has 0 aliphatic heterocycles. The lowest BCUT2D eigenvalue weighted by molar-refractivity contribution is -0.142. The molecule has 0 aliphatic rings. The number of amides is 1. The minimum absolute atomic E-state index is 0.0177. The van der Waals surface area contributed by atoms with Gasteiger partial charge in [-0.1, -0.05) is 0 Å². The second kappa shape index (κ2) is 7.67. The molecule has 9 heteroatoms. The van der Waals surface area contributed by atoms with Gasteiger partial charge in [-0.25, -0.2) is 4.79 Å². The number of carboxylic acids is 2. The van der Waals surface area contributed by atoms with Gasteiger partial charge in [0.2, 0.25) is 5.91 Å². The molecule has 25 heavy (non-hydrogen) atoms. The van der Waals surface area contributed by atoms with Crippen molar-refractivity contribution in [1.29, 1.82) is 0 Å². The molecule has 1 aromatic carbocycles. The van der Waals surface area contributed by atoms with Gasteiger partial charge in [-0.05, 0) is 30.2 Å². The Balaban J connectivity index is 2.10. The van der Waals surface area contributed by atoms with Crippen LogP contribution in [0.1, 0.15) is 18.4 Å². The van der Waals surface area contributed by atoms with Crippen molar-refractivity contribution in [2.24, 2.45) is 5.73 Å². The van der Waals surface area contributed by atoms with Crippen molar-refractivity contribution in [2.75, 3.05) is 0 Å². The van der Waals surface area contributed by atoms with Crippen molar-refractivity contribution in [3.8, 4) is 5.75 Å². The van der Waals surface area contributed by atoms with Crippen LogP contribution in [0.5, 0.6) is 5.75 Å². The maximum atomic E-state index is 12.0. The first-order valence-electron chi connectivity index (χ1n) is 7.57. The summed E-state index contributed by atoms with van der Waals surface area (Å²) < 4.78 is 0. The van der Waals surface area contributed by atoms with E-state index in [2.05, 4.69) is 10.3 Å². The third-order valence-corrected chi connectivity index (χ3v) is 3.80. The number of rotatable bonds is 8. The highest BCUT2D eigenvalue weighted by Crippen LogP contribution is 2.24. The van der Waals surface area contributed by atoms with Gasteiger partial charge in [-0.3, -0.25) is 9.59 Å². The average Bonchev–Trinajstić information content (AvgIpc) is 2.93. The molecule has 0 aliphatic carbocycles. The summed E-state index contributed by atoms with van der Waals surface area (Å²) in [5, 5.41) is 30.5. The Kier molecular flexibility index (Phi) is 5.60. The molecule has 2 rings (SSSR count). The highest BCUT2D eigenvalue weighted by molar-refractivity contribution is 5.89. The van der Waals surface area contributed by atoms with Crippen LogP contribution in [0.3, 0.4) is 0 Å². The van der Waals surface area contributed by atoms with Gasteiger partial charge < -0.3 is 31.4 Å². The SMILES string of the molecule is N[C@@H](CCC(=O)O)C(=O)N[C@@H](Cc1c[nH]c2ccc(O)cc12)C(=O)O. The van der Waals surface area contributed by atoms with E-state index in [9.17, 15) is 24.6 Å². The van der Waals surface area contributed by atoms with E-state index in [1.165, 1.54) is 12.1 Å². The number of fused-ring (bicyclic) bond motifs is 1. The number of carbonyl (C=O) groups is 3. The average molecular weight is 349 g/mol. The number of phenols is 1. The molecule has 0 radical (unpaired) electrons. The molecule has 0 saturated heterocycles. The quantitative estimate of drug-likeness (QED) is 0.395. The molecule has 0 spiro atoms. The van der Waals surface area contributed by atoms with Crippen LogP contribution >= 0.6 is 0 Å². The summed E-state index contributed by atoms with van der Waals surface area (Å²) in [7, 11) is 0. The number of aliphatic carboxylic acids is 2. The van der Waals surface area contributed by atoms with Crippen LogP contribution in [0.15, 0.2) is 24.4 Å². The van der Waals surface area contributed by atoms with Gasteiger partial charge in [0, 0.05) is 29.9 Å². The summed E-state index contributed by atoms with van der Waals surface area (Å²) >= 11 is 0. The van der Waals surface area contributed by atoms with Crippen LogP contribution in [0, 0.1) is 0 Å². The van der Waals surface area contributed by atoms with Crippen molar-refractivity contribution in [2.45, 2.75) is 31.3 Å². The van der Waals surface area contributed by atoms with Crippen molar-refractivity contribution >= 4 is 28.7 Å². The standard InChI is InChI=1S/C16H19N3O6/c17-11(2-4-14(21)22)15(23)19-13(16(24)25)5-8-7-18-12-3-1-9(20)6-10(8)12/h1,3,6-7,11,13,18,20H,2,4-5,17H2,(H,19,23)(H,21,22)(H,24,25)/t11-,13-/m0/s1. The molecular weight excluding hydrogens is 330 g/mol. The van der Waals surface area contributed by atoms with Crippen LogP contribution in [0.2, 0.25) is 0 Å². The molecule has 9 nitrogen and oxygen atoms in total. The first kappa shape index (κ1) is 18.3. The Hall–Kier alpha value is -3.07. The first-order valence-corrected chi connectivity index (χ1v) is 7.57. The molecule has 7 N–H and O–H groups in total. The number of H-pyrrole nitrogens is 1. The largest absolute Gasteiger partial charge is 0.508 e. The van der Waals surface area contributed by atoms with Crippen LogP contribution in [-0.4, -0.2) is 50.2 Å². The number of aromatic hydroxyl groups is 1. The molecule has 1 aromatic heterocycles. The Morgan fingerprint density at radius 2 is 1.96 bits per heavy atom. The lowest BCUT2D eigenvalue weighted by atomic mass is 10.0. The zero-order valence-electron chi connectivity index (χ0n) is 13.2. The van der Waals surface area contributed by atoms with Crippen LogP contribution in [-0.2, 0) is 20.8 Å². The highest BCUT2D eigenvalue weighted by Gasteiger charge is 2.25. The predicted octanol–water partition coefficient (Wildman–Crippen LogP) is 0.178. The fourth-order valence-corrected chi connectivity index (χ4v) is 2.44. The molecule has 2 aromatic rings. The van der Waals surface area contributed by atoms with Crippen LogP contribution in [0.4, 0.5) is 0 Å². The molecule has 2 atom stereocenters. The number of hydrogen-bond acceptors (Lipinski definition) is 5. The topological polar surface area (TPSA) is 166 Å². The summed E-state index contributed by atoms with van der Waals surface area (Å²) in [6, 6.07) is 2.32. The molecule has 0 unspecified atom stereocenters. The van der Waals surface area contributed by atoms with E-state index < -0.39 is 29.9 Å². The van der Waals surface area contributed by atoms with Gasteiger partial charge in [-0.2, -0.15) is 0 Å². The fraction of sp³-hybridized carbons (Fsp3) is 0.312. The summed E-state index contributed by atoms with van der Waals surface area (Å²) in [6.45, 7) is 0. The number of hydrogen-bond donors (Lipinski definition) is 6. The van der Waals surface area contributed by atoms with E-state index in [-0.39, 0.29) is 25.0 Å². The third kappa shape index (κ3) is 4.70. The van der Waals surface area contributed by atoms with E-state index in [0.29, 0.717) is 10.9 Å².